The van der Waals surface area contributed by atoms with E-state index in [4.69, 9.17) is 16.3 Å². The topological polar surface area (TPSA) is 55.4 Å². The van der Waals surface area contributed by atoms with E-state index in [0.29, 0.717) is 34.0 Å². The Kier molecular flexibility index (Phi) is 6.45. The second-order valence-electron chi connectivity index (χ2n) is 6.21. The van der Waals surface area contributed by atoms with E-state index in [1.165, 1.54) is 0 Å². The number of rotatable bonds is 7. The smallest absolute Gasteiger partial charge is 0.257 e. The van der Waals surface area contributed by atoms with Gasteiger partial charge in [-0.05, 0) is 30.7 Å². The summed E-state index contributed by atoms with van der Waals surface area (Å²) in [7, 11) is 0. The largest absolute Gasteiger partial charge is 0.482 e. The minimum atomic E-state index is -0.600. The van der Waals surface area contributed by atoms with Gasteiger partial charge in [-0.25, -0.2) is 0 Å². The first-order valence-corrected chi connectivity index (χ1v) is 9.38. The van der Waals surface area contributed by atoms with Crippen LogP contribution in [0.1, 0.15) is 34.1 Å². The molecule has 0 aliphatic rings. The maximum atomic E-state index is 12.7. The number of hydrogen-bond donors (Lipinski definition) is 1. The zero-order chi connectivity index (χ0) is 19.9. The Morgan fingerprint density at radius 3 is 2.39 bits per heavy atom. The number of carbonyl (C=O) groups is 2. The molecule has 0 saturated heterocycles. The molecule has 0 aliphatic heterocycles. The van der Waals surface area contributed by atoms with Gasteiger partial charge in [0.2, 0.25) is 5.78 Å². The van der Waals surface area contributed by atoms with Crippen molar-refractivity contribution in [1.29, 1.82) is 0 Å². The van der Waals surface area contributed by atoms with E-state index in [9.17, 15) is 9.59 Å². The maximum absolute atomic E-state index is 12.7. The van der Waals surface area contributed by atoms with Crippen LogP contribution in [0.25, 0.3) is 0 Å². The van der Waals surface area contributed by atoms with Crippen LogP contribution in [0.15, 0.2) is 78.9 Å². The zero-order valence-corrected chi connectivity index (χ0v) is 16.1. The summed E-state index contributed by atoms with van der Waals surface area (Å²) in [5.74, 6) is 0.122. The standard InChI is InChI=1S/C23H20ClNO3/c1-2-21(22(26)16-9-4-3-5-10-16)28-18-12-8-11-17(15-18)25-23(27)19-13-6-7-14-20(19)24/h3-15,21H,2H2,1H3,(H,25,27). The summed E-state index contributed by atoms with van der Waals surface area (Å²) >= 11 is 6.07. The van der Waals surface area contributed by atoms with Crippen LogP contribution in [0.4, 0.5) is 5.69 Å². The molecule has 0 aromatic heterocycles. The maximum Gasteiger partial charge on any atom is 0.257 e. The van der Waals surface area contributed by atoms with E-state index in [0.717, 1.165) is 0 Å². The summed E-state index contributed by atoms with van der Waals surface area (Å²) in [6.07, 6.45) is -0.0684. The SMILES string of the molecule is CCC(Oc1cccc(NC(=O)c2ccccc2Cl)c1)C(=O)c1ccccc1. The molecule has 1 unspecified atom stereocenters. The number of ketones is 1. The Hall–Kier alpha value is -3.11. The van der Waals surface area contributed by atoms with Gasteiger partial charge < -0.3 is 10.1 Å². The van der Waals surface area contributed by atoms with Crippen molar-refractivity contribution in [3.05, 3.63) is 95.0 Å². The van der Waals surface area contributed by atoms with Crippen LogP contribution in [0, 0.1) is 0 Å². The number of nitrogens with one attached hydrogen (secondary N) is 1. The van der Waals surface area contributed by atoms with Crippen molar-refractivity contribution in [2.75, 3.05) is 5.32 Å². The van der Waals surface area contributed by atoms with Crippen molar-refractivity contribution in [2.45, 2.75) is 19.4 Å². The molecular formula is C23H20ClNO3. The third-order valence-corrected chi connectivity index (χ3v) is 4.54. The van der Waals surface area contributed by atoms with E-state index < -0.39 is 6.10 Å². The molecule has 1 amide bonds. The number of Topliss-reactive ketones (excluding diaryl/α,β-unsaturated/α-hetero) is 1. The van der Waals surface area contributed by atoms with E-state index in [-0.39, 0.29) is 11.7 Å². The number of ether oxygens (including phenoxy) is 1. The van der Waals surface area contributed by atoms with Gasteiger partial charge in [-0.2, -0.15) is 0 Å². The fourth-order valence-corrected chi connectivity index (χ4v) is 2.99. The third-order valence-electron chi connectivity index (χ3n) is 4.21. The van der Waals surface area contributed by atoms with E-state index >= 15 is 0 Å². The molecule has 142 valence electrons. The van der Waals surface area contributed by atoms with Crippen molar-refractivity contribution in [1.82, 2.24) is 0 Å². The average molecular weight is 394 g/mol. The Balaban J connectivity index is 1.73. The first-order chi connectivity index (χ1) is 13.6. The fraction of sp³-hybridized carbons (Fsp3) is 0.130. The molecule has 4 nitrogen and oxygen atoms in total. The monoisotopic (exact) mass is 393 g/mol. The lowest BCUT2D eigenvalue weighted by molar-refractivity contribution is 0.0786. The number of anilines is 1. The van der Waals surface area contributed by atoms with Crippen LogP contribution >= 0.6 is 11.6 Å². The van der Waals surface area contributed by atoms with Crippen molar-refractivity contribution < 1.29 is 14.3 Å². The Morgan fingerprint density at radius 2 is 1.68 bits per heavy atom. The minimum absolute atomic E-state index is 0.0754. The van der Waals surface area contributed by atoms with Crippen LogP contribution in [0.2, 0.25) is 5.02 Å². The highest BCUT2D eigenvalue weighted by atomic mass is 35.5. The van der Waals surface area contributed by atoms with Gasteiger partial charge in [-0.15, -0.1) is 0 Å². The fourth-order valence-electron chi connectivity index (χ4n) is 2.77. The molecule has 3 aromatic rings. The molecule has 28 heavy (non-hydrogen) atoms. The van der Waals surface area contributed by atoms with Gasteiger partial charge in [0.1, 0.15) is 5.75 Å². The number of benzene rings is 3. The predicted octanol–water partition coefficient (Wildman–Crippen LogP) is 5.63. The van der Waals surface area contributed by atoms with Gasteiger partial charge in [0, 0.05) is 17.3 Å². The summed E-state index contributed by atoms with van der Waals surface area (Å²) < 4.78 is 5.90. The first-order valence-electron chi connectivity index (χ1n) is 9.00. The Morgan fingerprint density at radius 1 is 0.964 bits per heavy atom. The lowest BCUT2D eigenvalue weighted by Crippen LogP contribution is -2.26. The average Bonchev–Trinajstić information content (AvgIpc) is 2.72. The summed E-state index contributed by atoms with van der Waals surface area (Å²) in [6, 6.07) is 22.9. The summed E-state index contributed by atoms with van der Waals surface area (Å²) in [6.45, 7) is 1.90. The highest BCUT2D eigenvalue weighted by molar-refractivity contribution is 6.34. The van der Waals surface area contributed by atoms with Crippen LogP contribution in [-0.4, -0.2) is 17.8 Å². The predicted molar refractivity (Wildman–Crippen MR) is 111 cm³/mol. The minimum Gasteiger partial charge on any atom is -0.482 e. The lowest BCUT2D eigenvalue weighted by Gasteiger charge is -2.17. The normalized spacial score (nSPS) is 11.5. The van der Waals surface area contributed by atoms with Crippen molar-refractivity contribution in [3.8, 4) is 5.75 Å². The molecule has 1 atom stereocenters. The number of carbonyl (C=O) groups excluding carboxylic acids is 2. The van der Waals surface area contributed by atoms with Crippen LogP contribution in [0.5, 0.6) is 5.75 Å². The van der Waals surface area contributed by atoms with Gasteiger partial charge in [-0.3, -0.25) is 9.59 Å². The molecule has 0 radical (unpaired) electrons. The first kappa shape index (κ1) is 19.6. The van der Waals surface area contributed by atoms with E-state index in [2.05, 4.69) is 5.32 Å². The summed E-state index contributed by atoms with van der Waals surface area (Å²) in [5.41, 5.74) is 1.56. The highest BCUT2D eigenvalue weighted by Gasteiger charge is 2.20. The van der Waals surface area contributed by atoms with Crippen molar-refractivity contribution in [2.24, 2.45) is 0 Å². The molecule has 0 heterocycles. The molecule has 0 bridgehead atoms. The highest BCUT2D eigenvalue weighted by Crippen LogP contribution is 2.22. The van der Waals surface area contributed by atoms with Gasteiger partial charge in [0.15, 0.2) is 6.10 Å². The van der Waals surface area contributed by atoms with Crippen LogP contribution < -0.4 is 10.1 Å². The molecule has 0 aliphatic carbocycles. The third kappa shape index (κ3) is 4.78. The molecule has 3 aromatic carbocycles. The Bertz CT molecular complexity index is 972. The van der Waals surface area contributed by atoms with E-state index in [1.807, 2.05) is 25.1 Å². The lowest BCUT2D eigenvalue weighted by atomic mass is 10.0. The molecule has 0 saturated carbocycles. The second-order valence-corrected chi connectivity index (χ2v) is 6.61. The second kappa shape index (κ2) is 9.20. The molecule has 3 rings (SSSR count). The van der Waals surface area contributed by atoms with Crippen LogP contribution in [0.3, 0.4) is 0 Å². The van der Waals surface area contributed by atoms with Crippen LogP contribution in [-0.2, 0) is 0 Å². The Labute approximate surface area is 169 Å². The van der Waals surface area contributed by atoms with Gasteiger partial charge in [-0.1, -0.05) is 67.1 Å². The quantitative estimate of drug-likeness (QED) is 0.529. The van der Waals surface area contributed by atoms with E-state index in [1.54, 1.807) is 60.7 Å². The summed E-state index contributed by atoms with van der Waals surface area (Å²) in [4.78, 5) is 25.1. The molecular weight excluding hydrogens is 374 g/mol. The number of halogens is 1. The molecule has 5 heteroatoms. The number of hydrogen-bond acceptors (Lipinski definition) is 3. The molecule has 0 fully saturated rings. The number of amides is 1. The van der Waals surface area contributed by atoms with Crippen molar-refractivity contribution in [3.63, 3.8) is 0 Å². The van der Waals surface area contributed by atoms with Crippen molar-refractivity contribution >= 4 is 29.0 Å². The molecule has 0 spiro atoms. The van der Waals surface area contributed by atoms with Gasteiger partial charge >= 0.3 is 0 Å². The van der Waals surface area contributed by atoms with Gasteiger partial charge in [0.25, 0.3) is 5.91 Å². The summed E-state index contributed by atoms with van der Waals surface area (Å²) in [5, 5.41) is 3.18. The zero-order valence-electron chi connectivity index (χ0n) is 15.4. The van der Waals surface area contributed by atoms with Gasteiger partial charge in [0.05, 0.1) is 10.6 Å². The molecule has 1 N–H and O–H groups in total.